The Balaban J connectivity index is 1.73. The van der Waals surface area contributed by atoms with Crippen molar-refractivity contribution >= 4 is 39.0 Å². The first-order chi connectivity index (χ1) is 16.9. The summed E-state index contributed by atoms with van der Waals surface area (Å²) in [6.07, 6.45) is 6.11. The van der Waals surface area contributed by atoms with Crippen LogP contribution in [-0.4, -0.2) is 72.5 Å². The van der Waals surface area contributed by atoms with Crippen LogP contribution in [0.1, 0.15) is 18.9 Å². The fraction of sp³-hybridized carbons (Fsp3) is 0.391. The first kappa shape index (κ1) is 27.0. The van der Waals surface area contributed by atoms with E-state index in [4.69, 9.17) is 14.7 Å². The number of hydroxylamine groups is 2. The van der Waals surface area contributed by atoms with E-state index in [-0.39, 0.29) is 12.1 Å². The SMILES string of the molecule is C=C(NC(=O)N[C@H]1CON(CCOC)C1)N(/N=C(\CC)c1cnc([SH](C)S)nc1)c1ccccc1. The van der Waals surface area contributed by atoms with E-state index in [9.17, 15) is 4.79 Å². The number of aromatic nitrogens is 2. The molecule has 35 heavy (non-hydrogen) atoms. The molecule has 3 rings (SSSR count). The lowest BCUT2D eigenvalue weighted by Gasteiger charge is -2.24. The maximum Gasteiger partial charge on any atom is 0.320 e. The number of nitrogens with zero attached hydrogens (tertiary/aromatic N) is 5. The zero-order valence-corrected chi connectivity index (χ0v) is 22.0. The van der Waals surface area contributed by atoms with Crippen molar-refractivity contribution in [2.45, 2.75) is 24.5 Å². The number of methoxy groups -OCH3 is 1. The van der Waals surface area contributed by atoms with Crippen molar-refractivity contribution in [2.24, 2.45) is 5.10 Å². The Morgan fingerprint density at radius 1 is 1.37 bits per heavy atom. The van der Waals surface area contributed by atoms with Crippen LogP contribution < -0.4 is 15.6 Å². The third kappa shape index (κ3) is 7.94. The number of para-hydroxylation sites is 1. The van der Waals surface area contributed by atoms with Crippen molar-refractivity contribution in [3.05, 3.63) is 60.7 Å². The monoisotopic (exact) mass is 519 g/mol. The Bertz CT molecular complexity index is 1010. The van der Waals surface area contributed by atoms with Crippen LogP contribution in [0.3, 0.4) is 0 Å². The third-order valence-electron chi connectivity index (χ3n) is 5.09. The topological polar surface area (TPSA) is 104 Å². The van der Waals surface area contributed by atoms with E-state index >= 15 is 0 Å². The minimum absolute atomic E-state index is 0.147. The fourth-order valence-electron chi connectivity index (χ4n) is 3.32. The van der Waals surface area contributed by atoms with E-state index in [0.29, 0.717) is 43.7 Å². The molecule has 10 nitrogen and oxygen atoms in total. The number of anilines is 1. The number of urea groups is 1. The summed E-state index contributed by atoms with van der Waals surface area (Å²) in [7, 11) is 0.958. The highest BCUT2D eigenvalue weighted by Crippen LogP contribution is 2.32. The zero-order valence-electron chi connectivity index (χ0n) is 20.2. The number of carbonyl (C=O) groups is 1. The van der Waals surface area contributed by atoms with Crippen LogP contribution >= 0.6 is 21.6 Å². The van der Waals surface area contributed by atoms with Crippen LogP contribution in [0.25, 0.3) is 0 Å². The van der Waals surface area contributed by atoms with Gasteiger partial charge in [0.15, 0.2) is 5.16 Å². The quantitative estimate of drug-likeness (QED) is 0.119. The summed E-state index contributed by atoms with van der Waals surface area (Å²) in [5.74, 6) is 0.305. The molecule has 1 aliphatic heterocycles. The predicted octanol–water partition coefficient (Wildman–Crippen LogP) is 2.96. The van der Waals surface area contributed by atoms with Crippen molar-refractivity contribution in [3.8, 4) is 0 Å². The van der Waals surface area contributed by atoms with Crippen molar-refractivity contribution in [3.63, 3.8) is 0 Å². The van der Waals surface area contributed by atoms with Crippen molar-refractivity contribution in [2.75, 3.05) is 44.7 Å². The van der Waals surface area contributed by atoms with E-state index < -0.39 is 9.93 Å². The van der Waals surface area contributed by atoms with Crippen molar-refractivity contribution < 1.29 is 14.4 Å². The molecule has 2 atom stereocenters. The molecule has 2 amide bonds. The molecule has 12 heteroatoms. The minimum atomic E-state index is -0.682. The summed E-state index contributed by atoms with van der Waals surface area (Å²) in [4.78, 5) is 27.1. The Kier molecular flexibility index (Phi) is 10.4. The van der Waals surface area contributed by atoms with Crippen LogP contribution in [0.5, 0.6) is 0 Å². The second-order valence-electron chi connectivity index (χ2n) is 7.76. The predicted molar refractivity (Wildman–Crippen MR) is 144 cm³/mol. The first-order valence-electron chi connectivity index (χ1n) is 11.2. The summed E-state index contributed by atoms with van der Waals surface area (Å²) < 4.78 is 5.07. The van der Waals surface area contributed by atoms with E-state index in [1.807, 2.05) is 43.5 Å². The van der Waals surface area contributed by atoms with Gasteiger partial charge in [-0.25, -0.2) is 19.8 Å². The van der Waals surface area contributed by atoms with E-state index in [2.05, 4.69) is 38.8 Å². The number of hydrogen-bond donors (Lipinski definition) is 4. The number of thiol groups is 2. The lowest BCUT2D eigenvalue weighted by molar-refractivity contribution is -0.118. The largest absolute Gasteiger partial charge is 0.383 e. The smallest absolute Gasteiger partial charge is 0.320 e. The van der Waals surface area contributed by atoms with Gasteiger partial charge in [0, 0.05) is 38.2 Å². The molecular formula is C23H33N7O3S2. The molecule has 0 spiro atoms. The number of amides is 2. The molecule has 1 unspecified atom stereocenters. The van der Waals surface area contributed by atoms with Gasteiger partial charge in [0.25, 0.3) is 0 Å². The van der Waals surface area contributed by atoms with Crippen LogP contribution in [0.2, 0.25) is 0 Å². The number of nitrogens with one attached hydrogen (secondary N) is 2. The highest BCUT2D eigenvalue weighted by atomic mass is 33.1. The van der Waals surface area contributed by atoms with Gasteiger partial charge in [-0.1, -0.05) is 31.7 Å². The van der Waals surface area contributed by atoms with Gasteiger partial charge in [0.1, 0.15) is 5.82 Å². The molecule has 1 aliphatic rings. The lowest BCUT2D eigenvalue weighted by Crippen LogP contribution is -2.46. The Labute approximate surface area is 213 Å². The second-order valence-corrected chi connectivity index (χ2v) is 11.0. The summed E-state index contributed by atoms with van der Waals surface area (Å²) in [6, 6.07) is 8.97. The van der Waals surface area contributed by atoms with Gasteiger partial charge in [0.05, 0.1) is 30.7 Å². The zero-order chi connectivity index (χ0) is 25.2. The highest BCUT2D eigenvalue weighted by Gasteiger charge is 2.25. The molecule has 1 aromatic carbocycles. The highest BCUT2D eigenvalue weighted by molar-refractivity contribution is 8.77. The normalized spacial score (nSPS) is 17.7. The molecule has 1 aromatic heterocycles. The standard InChI is InChI=1S/C23H33N7O3S2/c1-5-21(18-13-24-23(25-14-18)35(4)34)28-30(20-9-7-6-8-10-20)17(2)26-22(31)27-19-15-29(33-16-19)11-12-32-3/h6-10,13-14,19,34-35H,2,5,11-12,15-16H2,1,3-4H3,(H2,26,27,31)/b28-21+/t19-/m1/s1. The number of carbonyl (C=O) groups excluding carboxylic acids is 1. The van der Waals surface area contributed by atoms with E-state index in [1.165, 1.54) is 0 Å². The van der Waals surface area contributed by atoms with Gasteiger partial charge in [-0.15, -0.1) is 21.6 Å². The number of hydrazone groups is 1. The summed E-state index contributed by atoms with van der Waals surface area (Å²) in [5.41, 5.74) is 2.30. The molecule has 1 fully saturated rings. The maximum atomic E-state index is 12.7. The molecule has 2 N–H and O–H groups in total. The molecule has 2 aromatic rings. The number of hydrogen-bond acceptors (Lipinski definition) is 9. The van der Waals surface area contributed by atoms with Crippen LogP contribution in [-0.2, 0) is 9.57 Å². The van der Waals surface area contributed by atoms with Crippen molar-refractivity contribution in [1.29, 1.82) is 0 Å². The molecule has 190 valence electrons. The lowest BCUT2D eigenvalue weighted by atomic mass is 10.2. The molecule has 0 radical (unpaired) electrons. The number of rotatable bonds is 11. The summed E-state index contributed by atoms with van der Waals surface area (Å²) >= 11 is 4.45. The van der Waals surface area contributed by atoms with Crippen LogP contribution in [0.4, 0.5) is 10.5 Å². The Hall–Kier alpha value is -2.64. The molecular weight excluding hydrogens is 486 g/mol. The average Bonchev–Trinajstić information content (AvgIpc) is 3.30. The first-order valence-corrected chi connectivity index (χ1v) is 14.2. The fourth-order valence-corrected chi connectivity index (χ4v) is 4.08. The second kappa shape index (κ2) is 13.4. The van der Waals surface area contributed by atoms with E-state index in [0.717, 1.165) is 17.0 Å². The van der Waals surface area contributed by atoms with Gasteiger partial charge in [-0.2, -0.15) is 10.2 Å². The van der Waals surface area contributed by atoms with Crippen LogP contribution in [0, 0.1) is 0 Å². The number of ether oxygens (including phenoxy) is 1. The Morgan fingerprint density at radius 2 is 2.09 bits per heavy atom. The molecule has 1 saturated heterocycles. The van der Waals surface area contributed by atoms with Gasteiger partial charge < -0.3 is 10.1 Å². The van der Waals surface area contributed by atoms with E-state index in [1.54, 1.807) is 29.6 Å². The third-order valence-corrected chi connectivity index (χ3v) is 6.44. The average molecular weight is 520 g/mol. The Morgan fingerprint density at radius 3 is 2.71 bits per heavy atom. The summed E-state index contributed by atoms with van der Waals surface area (Å²) in [6.45, 7) is 8.23. The molecule has 0 bridgehead atoms. The van der Waals surface area contributed by atoms with Crippen LogP contribution in [0.15, 0.2) is 65.4 Å². The van der Waals surface area contributed by atoms with Crippen molar-refractivity contribution in [1.82, 2.24) is 25.7 Å². The van der Waals surface area contributed by atoms with Gasteiger partial charge in [-0.05, 0) is 24.8 Å². The molecule has 2 heterocycles. The summed E-state index contributed by atoms with van der Waals surface area (Å²) in [5, 5.41) is 14.6. The molecule has 0 aliphatic carbocycles. The van der Waals surface area contributed by atoms with Gasteiger partial charge >= 0.3 is 6.03 Å². The number of benzene rings is 1. The van der Waals surface area contributed by atoms with Gasteiger partial charge in [0.2, 0.25) is 0 Å². The minimum Gasteiger partial charge on any atom is -0.383 e. The van der Waals surface area contributed by atoms with Gasteiger partial charge in [-0.3, -0.25) is 10.2 Å². The maximum absolute atomic E-state index is 12.7. The molecule has 0 saturated carbocycles.